The van der Waals surface area contributed by atoms with Gasteiger partial charge in [-0.3, -0.25) is 9.69 Å². The summed E-state index contributed by atoms with van der Waals surface area (Å²) in [7, 11) is 0. The van der Waals surface area contributed by atoms with E-state index in [4.69, 9.17) is 4.74 Å². The summed E-state index contributed by atoms with van der Waals surface area (Å²) in [5.41, 5.74) is -0.0642. The molecule has 2 rings (SSSR count). The van der Waals surface area contributed by atoms with Gasteiger partial charge in [0.2, 0.25) is 0 Å². The van der Waals surface area contributed by atoms with Gasteiger partial charge in [0.15, 0.2) is 5.78 Å². The highest BCUT2D eigenvalue weighted by Crippen LogP contribution is 2.18. The first-order chi connectivity index (χ1) is 9.38. The van der Waals surface area contributed by atoms with Crippen LogP contribution in [-0.4, -0.2) is 42.0 Å². The molecule has 0 bridgehead atoms. The average molecular weight is 283 g/mol. The molecule has 1 saturated heterocycles. The molecular weight excluding hydrogens is 264 g/mol. The zero-order valence-electron chi connectivity index (χ0n) is 11.9. The number of nitrogens with zero attached hydrogens (tertiary/aromatic N) is 1. The third-order valence-electron chi connectivity index (χ3n) is 3.57. The molecule has 1 aromatic rings. The van der Waals surface area contributed by atoms with E-state index in [9.17, 15) is 13.6 Å². The highest BCUT2D eigenvalue weighted by Gasteiger charge is 2.30. The molecule has 1 heterocycles. The van der Waals surface area contributed by atoms with Gasteiger partial charge in [0.05, 0.1) is 23.8 Å². The number of ketones is 1. The minimum absolute atomic E-state index is 0.0343. The zero-order valence-corrected chi connectivity index (χ0v) is 11.9. The Kier molecular flexibility index (Phi) is 4.50. The van der Waals surface area contributed by atoms with Crippen molar-refractivity contribution in [3.63, 3.8) is 0 Å². The van der Waals surface area contributed by atoms with Crippen LogP contribution >= 0.6 is 0 Å². The first-order valence-electron chi connectivity index (χ1n) is 6.77. The van der Waals surface area contributed by atoms with E-state index >= 15 is 0 Å². The second-order valence-corrected chi connectivity index (χ2v) is 5.38. The molecule has 0 spiro atoms. The second kappa shape index (κ2) is 5.97. The maximum Gasteiger partial charge on any atom is 0.182 e. The molecule has 1 aromatic carbocycles. The van der Waals surface area contributed by atoms with Crippen molar-refractivity contribution in [1.29, 1.82) is 0 Å². The summed E-state index contributed by atoms with van der Waals surface area (Å²) in [6, 6.07) is 2.60. The van der Waals surface area contributed by atoms with Crippen LogP contribution in [0.5, 0.6) is 0 Å². The van der Waals surface area contributed by atoms with E-state index in [1.807, 2.05) is 18.7 Å². The zero-order chi connectivity index (χ0) is 14.9. The number of morpholine rings is 1. The lowest BCUT2D eigenvalue weighted by Gasteiger charge is -2.38. The Labute approximate surface area is 117 Å². The van der Waals surface area contributed by atoms with Crippen LogP contribution in [0.1, 0.15) is 31.1 Å². The lowest BCUT2D eigenvalue weighted by atomic mass is 10.0. The predicted octanol–water partition coefficient (Wildman–Crippen LogP) is 2.65. The van der Waals surface area contributed by atoms with Crippen molar-refractivity contribution in [2.45, 2.75) is 39.0 Å². The molecule has 3 unspecified atom stereocenters. The number of carbonyl (C=O) groups is 1. The van der Waals surface area contributed by atoms with Crippen molar-refractivity contribution in [2.75, 3.05) is 13.1 Å². The summed E-state index contributed by atoms with van der Waals surface area (Å²) >= 11 is 0. The first-order valence-corrected chi connectivity index (χ1v) is 6.77. The van der Waals surface area contributed by atoms with Crippen LogP contribution < -0.4 is 0 Å². The molecule has 20 heavy (non-hydrogen) atoms. The van der Waals surface area contributed by atoms with Crippen molar-refractivity contribution in [3.05, 3.63) is 35.4 Å². The van der Waals surface area contributed by atoms with E-state index in [1.54, 1.807) is 6.92 Å². The van der Waals surface area contributed by atoms with Crippen molar-refractivity contribution in [3.8, 4) is 0 Å². The average Bonchev–Trinajstić information content (AvgIpc) is 2.36. The lowest BCUT2D eigenvalue weighted by molar-refractivity contribution is -0.0744. The predicted molar refractivity (Wildman–Crippen MR) is 71.7 cm³/mol. The largest absolute Gasteiger partial charge is 0.373 e. The van der Waals surface area contributed by atoms with E-state index < -0.39 is 17.7 Å². The van der Waals surface area contributed by atoms with E-state index in [0.717, 1.165) is 12.1 Å². The molecule has 1 aliphatic rings. The van der Waals surface area contributed by atoms with Gasteiger partial charge in [0.1, 0.15) is 11.6 Å². The number of carbonyl (C=O) groups excluding carboxylic acids is 1. The summed E-state index contributed by atoms with van der Waals surface area (Å²) in [6.45, 7) is 6.88. The SMILES string of the molecule is CC1CN(C(C)C(=O)c2ccc(F)cc2F)CC(C)O1. The summed E-state index contributed by atoms with van der Waals surface area (Å²) in [4.78, 5) is 14.3. The first kappa shape index (κ1) is 15.1. The minimum Gasteiger partial charge on any atom is -0.373 e. The van der Waals surface area contributed by atoms with Crippen molar-refractivity contribution < 1.29 is 18.3 Å². The van der Waals surface area contributed by atoms with Crippen LogP contribution in [0.15, 0.2) is 18.2 Å². The minimum atomic E-state index is -0.809. The standard InChI is InChI=1S/C15H19F2NO2/c1-9-7-18(8-10(2)20-9)11(3)15(19)13-5-4-12(16)6-14(13)17/h4-6,9-11H,7-8H2,1-3H3. The number of halogens is 2. The van der Waals surface area contributed by atoms with E-state index in [2.05, 4.69) is 0 Å². The molecule has 0 radical (unpaired) electrons. The Balaban J connectivity index is 2.15. The van der Waals surface area contributed by atoms with Crippen LogP contribution in [0.4, 0.5) is 8.78 Å². The Morgan fingerprint density at radius 1 is 1.30 bits per heavy atom. The van der Waals surface area contributed by atoms with Gasteiger partial charge in [0.25, 0.3) is 0 Å². The van der Waals surface area contributed by atoms with Gasteiger partial charge >= 0.3 is 0 Å². The van der Waals surface area contributed by atoms with Gasteiger partial charge in [-0.2, -0.15) is 0 Å². The van der Waals surface area contributed by atoms with Gasteiger partial charge in [-0.05, 0) is 32.9 Å². The van der Waals surface area contributed by atoms with Crippen molar-refractivity contribution in [1.82, 2.24) is 4.90 Å². The number of Topliss-reactive ketones (excluding diaryl/α,β-unsaturated/α-hetero) is 1. The summed E-state index contributed by atoms with van der Waals surface area (Å²) in [6.07, 6.45) is 0.0686. The van der Waals surface area contributed by atoms with Gasteiger partial charge in [-0.15, -0.1) is 0 Å². The van der Waals surface area contributed by atoms with Crippen LogP contribution in [0.25, 0.3) is 0 Å². The molecule has 0 aliphatic carbocycles. The highest BCUT2D eigenvalue weighted by atomic mass is 19.1. The van der Waals surface area contributed by atoms with Crippen LogP contribution in [0, 0.1) is 11.6 Å². The third-order valence-corrected chi connectivity index (χ3v) is 3.57. The molecule has 1 aliphatic heterocycles. The number of rotatable bonds is 3. The van der Waals surface area contributed by atoms with Crippen LogP contribution in [0.3, 0.4) is 0 Å². The smallest absolute Gasteiger partial charge is 0.182 e. The fourth-order valence-corrected chi connectivity index (χ4v) is 2.61. The summed E-state index contributed by atoms with van der Waals surface area (Å²) in [5.74, 6) is -1.82. The Hall–Kier alpha value is -1.33. The maximum absolute atomic E-state index is 13.7. The van der Waals surface area contributed by atoms with E-state index in [0.29, 0.717) is 13.1 Å². The van der Waals surface area contributed by atoms with Crippen LogP contribution in [0.2, 0.25) is 0 Å². The molecule has 3 atom stereocenters. The van der Waals surface area contributed by atoms with Crippen LogP contribution in [-0.2, 0) is 4.74 Å². The highest BCUT2D eigenvalue weighted by molar-refractivity contribution is 6.00. The van der Waals surface area contributed by atoms with E-state index in [1.165, 1.54) is 6.07 Å². The van der Waals surface area contributed by atoms with Crippen molar-refractivity contribution >= 4 is 5.78 Å². The lowest BCUT2D eigenvalue weighted by Crippen LogP contribution is -2.51. The molecule has 0 saturated carbocycles. The summed E-state index contributed by atoms with van der Waals surface area (Å²) in [5, 5.41) is 0. The monoisotopic (exact) mass is 283 g/mol. The van der Waals surface area contributed by atoms with Crippen molar-refractivity contribution in [2.24, 2.45) is 0 Å². The van der Waals surface area contributed by atoms with Gasteiger partial charge in [-0.25, -0.2) is 8.78 Å². The molecule has 0 amide bonds. The number of benzene rings is 1. The molecule has 0 aromatic heterocycles. The topological polar surface area (TPSA) is 29.5 Å². The fourth-order valence-electron chi connectivity index (χ4n) is 2.61. The molecule has 5 heteroatoms. The third kappa shape index (κ3) is 3.22. The number of hydrogen-bond donors (Lipinski definition) is 0. The Morgan fingerprint density at radius 2 is 1.90 bits per heavy atom. The van der Waals surface area contributed by atoms with Gasteiger partial charge in [0, 0.05) is 19.2 Å². The number of hydrogen-bond acceptors (Lipinski definition) is 3. The molecule has 0 N–H and O–H groups in total. The molecule has 110 valence electrons. The molecular formula is C15H19F2NO2. The fraction of sp³-hybridized carbons (Fsp3) is 0.533. The Morgan fingerprint density at radius 3 is 2.45 bits per heavy atom. The van der Waals surface area contributed by atoms with Gasteiger partial charge < -0.3 is 4.74 Å². The second-order valence-electron chi connectivity index (χ2n) is 5.38. The van der Waals surface area contributed by atoms with Gasteiger partial charge in [-0.1, -0.05) is 0 Å². The van der Waals surface area contributed by atoms with E-state index in [-0.39, 0.29) is 23.6 Å². The quantitative estimate of drug-likeness (QED) is 0.799. The normalized spacial score (nSPS) is 25.4. The number of ether oxygens (including phenoxy) is 1. The molecule has 1 fully saturated rings. The summed E-state index contributed by atoms with van der Waals surface area (Å²) < 4.78 is 32.2. The Bertz CT molecular complexity index is 497. The molecule has 3 nitrogen and oxygen atoms in total. The maximum atomic E-state index is 13.7.